The normalized spacial score (nSPS) is 21.3. The van der Waals surface area contributed by atoms with Crippen molar-refractivity contribution >= 4 is 11.9 Å². The molecule has 1 aliphatic carbocycles. The topological polar surface area (TPSA) is 52.6 Å². The van der Waals surface area contributed by atoms with Gasteiger partial charge in [0.05, 0.1) is 13.0 Å². The number of rotatable bonds is 4. The predicted molar refractivity (Wildman–Crippen MR) is 69.2 cm³/mol. The Morgan fingerprint density at radius 2 is 1.84 bits per heavy atom. The summed E-state index contributed by atoms with van der Waals surface area (Å²) in [4.78, 5) is 23.7. The Kier molecular flexibility index (Phi) is 3.60. The van der Waals surface area contributed by atoms with Crippen LogP contribution in [0.1, 0.15) is 31.9 Å². The van der Waals surface area contributed by atoms with E-state index in [1.54, 1.807) is 24.3 Å². The maximum absolute atomic E-state index is 12.0. The maximum Gasteiger partial charge on any atom is 0.351 e. The van der Waals surface area contributed by atoms with E-state index in [1.807, 2.05) is 19.9 Å². The second-order valence-electron chi connectivity index (χ2n) is 5.50. The van der Waals surface area contributed by atoms with E-state index in [9.17, 15) is 9.59 Å². The van der Waals surface area contributed by atoms with Crippen molar-refractivity contribution in [2.24, 2.45) is 11.3 Å². The number of carbonyl (C=O) groups excluding carboxylic acids is 2. The van der Waals surface area contributed by atoms with Crippen molar-refractivity contribution in [3.63, 3.8) is 0 Å². The van der Waals surface area contributed by atoms with E-state index in [-0.39, 0.29) is 17.3 Å². The molecule has 19 heavy (non-hydrogen) atoms. The van der Waals surface area contributed by atoms with Crippen LogP contribution in [0.4, 0.5) is 0 Å². The minimum absolute atomic E-state index is 0.0194. The summed E-state index contributed by atoms with van der Waals surface area (Å²) in [7, 11) is 1.28. The molecule has 0 spiro atoms. The number of methoxy groups -OCH3 is 1. The molecule has 0 radical (unpaired) electrons. The quantitative estimate of drug-likeness (QED) is 0.782. The van der Waals surface area contributed by atoms with Crippen LogP contribution < -0.4 is 0 Å². The Bertz CT molecular complexity index is 478. The predicted octanol–water partition coefficient (Wildman–Crippen LogP) is 2.49. The van der Waals surface area contributed by atoms with E-state index in [4.69, 9.17) is 9.47 Å². The molecular weight excluding hydrogens is 244 g/mol. The van der Waals surface area contributed by atoms with Gasteiger partial charge >= 0.3 is 11.9 Å². The summed E-state index contributed by atoms with van der Waals surface area (Å²) in [5, 5.41) is 0. The molecule has 1 saturated carbocycles. The molecule has 0 amide bonds. The summed E-state index contributed by atoms with van der Waals surface area (Å²) in [6.07, 6.45) is -0.177. The molecule has 0 heterocycles. The van der Waals surface area contributed by atoms with Gasteiger partial charge in [0.2, 0.25) is 6.10 Å². The van der Waals surface area contributed by atoms with Gasteiger partial charge in [-0.15, -0.1) is 0 Å². The smallest absolute Gasteiger partial charge is 0.351 e. The summed E-state index contributed by atoms with van der Waals surface area (Å²) in [6.45, 7) is 4.02. The van der Waals surface area contributed by atoms with Crippen LogP contribution in [0.3, 0.4) is 0 Å². The molecule has 1 aliphatic rings. The summed E-state index contributed by atoms with van der Waals surface area (Å²) in [5.41, 5.74) is 0.607. The largest absolute Gasteiger partial charge is 0.466 e. The third-order valence-electron chi connectivity index (χ3n) is 3.55. The minimum atomic E-state index is -0.977. The van der Waals surface area contributed by atoms with Crippen molar-refractivity contribution in [1.82, 2.24) is 0 Å². The molecule has 2 rings (SSSR count). The third-order valence-corrected chi connectivity index (χ3v) is 3.55. The SMILES string of the molecule is COC(=O)[C@H](OC(=O)[C@@H]1CC1(C)C)c1ccccc1. The molecule has 1 fully saturated rings. The Labute approximate surface area is 112 Å². The second kappa shape index (κ2) is 5.03. The van der Waals surface area contributed by atoms with Gasteiger partial charge in [-0.25, -0.2) is 4.79 Å². The zero-order valence-electron chi connectivity index (χ0n) is 11.4. The molecule has 0 bridgehead atoms. The number of benzene rings is 1. The summed E-state index contributed by atoms with van der Waals surface area (Å²) in [5.74, 6) is -1.01. The number of ether oxygens (including phenoxy) is 2. The number of hydrogen-bond acceptors (Lipinski definition) is 4. The number of carbonyl (C=O) groups is 2. The monoisotopic (exact) mass is 262 g/mol. The van der Waals surface area contributed by atoms with Crippen molar-refractivity contribution in [3.05, 3.63) is 35.9 Å². The summed E-state index contributed by atoms with van der Waals surface area (Å²) >= 11 is 0. The minimum Gasteiger partial charge on any atom is -0.466 e. The van der Waals surface area contributed by atoms with Gasteiger partial charge in [0.1, 0.15) is 0 Å². The van der Waals surface area contributed by atoms with Gasteiger partial charge in [-0.3, -0.25) is 4.79 Å². The van der Waals surface area contributed by atoms with Gasteiger partial charge in [-0.2, -0.15) is 0 Å². The summed E-state index contributed by atoms with van der Waals surface area (Å²) < 4.78 is 10.0. The fourth-order valence-corrected chi connectivity index (χ4v) is 2.05. The van der Waals surface area contributed by atoms with Crippen LogP contribution in [-0.4, -0.2) is 19.0 Å². The zero-order valence-corrected chi connectivity index (χ0v) is 11.4. The molecule has 0 unspecified atom stereocenters. The van der Waals surface area contributed by atoms with E-state index in [0.717, 1.165) is 6.42 Å². The van der Waals surface area contributed by atoms with Gasteiger partial charge in [0, 0.05) is 5.56 Å². The van der Waals surface area contributed by atoms with E-state index in [1.165, 1.54) is 7.11 Å². The molecular formula is C15H18O4. The van der Waals surface area contributed by atoms with Crippen molar-refractivity contribution in [2.45, 2.75) is 26.4 Å². The fourth-order valence-electron chi connectivity index (χ4n) is 2.05. The Morgan fingerprint density at radius 3 is 2.32 bits per heavy atom. The lowest BCUT2D eigenvalue weighted by molar-refractivity contribution is -0.168. The lowest BCUT2D eigenvalue weighted by Gasteiger charge is -2.16. The van der Waals surface area contributed by atoms with Crippen LogP contribution in [0, 0.1) is 11.3 Å². The van der Waals surface area contributed by atoms with Gasteiger partial charge in [0.25, 0.3) is 0 Å². The number of esters is 2. The molecule has 0 saturated heterocycles. The van der Waals surface area contributed by atoms with Crippen molar-refractivity contribution in [1.29, 1.82) is 0 Å². The van der Waals surface area contributed by atoms with Crippen LogP contribution in [0.5, 0.6) is 0 Å². The molecule has 1 aromatic carbocycles. The summed E-state index contributed by atoms with van der Waals surface area (Å²) in [6, 6.07) is 8.91. The molecule has 0 aliphatic heterocycles. The van der Waals surface area contributed by atoms with E-state index < -0.39 is 12.1 Å². The molecule has 0 N–H and O–H groups in total. The number of hydrogen-bond donors (Lipinski definition) is 0. The first kappa shape index (κ1) is 13.6. The van der Waals surface area contributed by atoms with Crippen LogP contribution in [0.25, 0.3) is 0 Å². The maximum atomic E-state index is 12.0. The van der Waals surface area contributed by atoms with Gasteiger partial charge in [-0.1, -0.05) is 44.2 Å². The highest BCUT2D eigenvalue weighted by atomic mass is 16.6. The Morgan fingerprint density at radius 1 is 1.26 bits per heavy atom. The van der Waals surface area contributed by atoms with Gasteiger partial charge in [-0.05, 0) is 11.8 Å². The van der Waals surface area contributed by atoms with E-state index in [0.29, 0.717) is 5.56 Å². The Hall–Kier alpha value is -1.84. The second-order valence-corrected chi connectivity index (χ2v) is 5.50. The van der Waals surface area contributed by atoms with E-state index in [2.05, 4.69) is 0 Å². The molecule has 102 valence electrons. The van der Waals surface area contributed by atoms with Crippen LogP contribution in [0.15, 0.2) is 30.3 Å². The third kappa shape index (κ3) is 2.95. The Balaban J connectivity index is 2.12. The van der Waals surface area contributed by atoms with E-state index >= 15 is 0 Å². The van der Waals surface area contributed by atoms with Crippen LogP contribution in [-0.2, 0) is 19.1 Å². The highest BCUT2D eigenvalue weighted by molar-refractivity contribution is 5.83. The molecule has 1 aromatic rings. The zero-order chi connectivity index (χ0) is 14.0. The first-order chi connectivity index (χ1) is 8.95. The van der Waals surface area contributed by atoms with Gasteiger partial charge < -0.3 is 9.47 Å². The average molecular weight is 262 g/mol. The van der Waals surface area contributed by atoms with Gasteiger partial charge in [0.15, 0.2) is 0 Å². The highest BCUT2D eigenvalue weighted by Gasteiger charge is 2.52. The lowest BCUT2D eigenvalue weighted by Crippen LogP contribution is -2.22. The van der Waals surface area contributed by atoms with Crippen LogP contribution >= 0.6 is 0 Å². The fraction of sp³-hybridized carbons (Fsp3) is 0.467. The highest BCUT2D eigenvalue weighted by Crippen LogP contribution is 2.52. The van der Waals surface area contributed by atoms with Crippen molar-refractivity contribution in [2.75, 3.05) is 7.11 Å². The molecule has 0 aromatic heterocycles. The van der Waals surface area contributed by atoms with Crippen molar-refractivity contribution < 1.29 is 19.1 Å². The average Bonchev–Trinajstić information content (AvgIpc) is 3.05. The first-order valence-corrected chi connectivity index (χ1v) is 6.29. The van der Waals surface area contributed by atoms with Crippen LogP contribution in [0.2, 0.25) is 0 Å². The first-order valence-electron chi connectivity index (χ1n) is 6.29. The molecule has 4 heteroatoms. The molecule has 2 atom stereocenters. The molecule has 4 nitrogen and oxygen atoms in total. The lowest BCUT2D eigenvalue weighted by atomic mass is 10.1. The standard InChI is InChI=1S/C15H18O4/c1-15(2)9-11(15)13(16)19-12(14(17)18-3)10-7-5-4-6-8-10/h4-8,11-12H,9H2,1-3H3/t11-,12+/m0/s1. The van der Waals surface area contributed by atoms with Crippen molar-refractivity contribution in [3.8, 4) is 0 Å².